The van der Waals surface area contributed by atoms with Crippen molar-refractivity contribution >= 4 is 17.3 Å². The smallest absolute Gasteiger partial charge is 0.247 e. The zero-order valence-corrected chi connectivity index (χ0v) is 18.5. The quantitative estimate of drug-likeness (QED) is 0.532. The fourth-order valence-electron chi connectivity index (χ4n) is 5.31. The summed E-state index contributed by atoms with van der Waals surface area (Å²) in [6, 6.07) is 6.45. The lowest BCUT2D eigenvalue weighted by Crippen LogP contribution is -2.63. The van der Waals surface area contributed by atoms with Gasteiger partial charge >= 0.3 is 0 Å². The third kappa shape index (κ3) is 3.58. The van der Waals surface area contributed by atoms with Crippen molar-refractivity contribution in [3.8, 4) is 6.07 Å². The first-order valence-electron chi connectivity index (χ1n) is 11.7. The van der Waals surface area contributed by atoms with Crippen LogP contribution in [-0.4, -0.2) is 44.0 Å². The lowest BCUT2D eigenvalue weighted by molar-refractivity contribution is 0.198. The molecule has 2 aliphatic heterocycles. The normalized spacial score (nSPS) is 20.2. The van der Waals surface area contributed by atoms with Gasteiger partial charge in [-0.05, 0) is 36.5 Å². The van der Waals surface area contributed by atoms with Crippen LogP contribution in [0.25, 0.3) is 5.65 Å². The van der Waals surface area contributed by atoms with Crippen LogP contribution in [0.1, 0.15) is 50.0 Å². The highest BCUT2D eigenvalue weighted by Gasteiger charge is 2.46. The number of nitrogens with zero attached hydrogens (tertiary/aromatic N) is 7. The number of aromatic nitrogens is 5. The molecule has 1 saturated heterocycles. The Balaban J connectivity index is 1.23. The summed E-state index contributed by atoms with van der Waals surface area (Å²) in [6.07, 6.45) is 14.9. The van der Waals surface area contributed by atoms with Crippen LogP contribution in [0.3, 0.4) is 0 Å². The van der Waals surface area contributed by atoms with E-state index in [1.54, 1.807) is 4.52 Å². The molecule has 3 aromatic heterocycles. The van der Waals surface area contributed by atoms with Gasteiger partial charge in [0.15, 0.2) is 5.65 Å². The van der Waals surface area contributed by atoms with Gasteiger partial charge in [-0.2, -0.15) is 15.3 Å². The fraction of sp³-hybridized carbons (Fsp3) is 0.478. The van der Waals surface area contributed by atoms with Crippen LogP contribution in [0.15, 0.2) is 42.6 Å². The molecule has 2 fully saturated rings. The molecule has 1 aliphatic carbocycles. The van der Waals surface area contributed by atoms with E-state index >= 15 is 0 Å². The van der Waals surface area contributed by atoms with Crippen LogP contribution in [0, 0.1) is 11.3 Å². The van der Waals surface area contributed by atoms with E-state index in [1.807, 2.05) is 24.7 Å². The van der Waals surface area contributed by atoms with E-state index in [0.29, 0.717) is 24.8 Å². The van der Waals surface area contributed by atoms with Crippen molar-refractivity contribution in [2.45, 2.75) is 50.0 Å². The predicted molar refractivity (Wildman–Crippen MR) is 124 cm³/mol. The van der Waals surface area contributed by atoms with Crippen LogP contribution in [-0.2, 0) is 5.54 Å². The minimum Gasteiger partial charge on any atom is -0.363 e. The van der Waals surface area contributed by atoms with E-state index in [9.17, 15) is 5.26 Å². The molecule has 0 bridgehead atoms. The number of rotatable bonds is 6. The summed E-state index contributed by atoms with van der Waals surface area (Å²) >= 11 is 0. The van der Waals surface area contributed by atoms with E-state index in [0.717, 1.165) is 30.1 Å². The van der Waals surface area contributed by atoms with Crippen molar-refractivity contribution in [2.24, 2.45) is 0 Å². The predicted octanol–water partition coefficient (Wildman–Crippen LogP) is 2.46. The average Bonchev–Trinajstić information content (AvgIpc) is 3.57. The molecule has 6 rings (SSSR count). The van der Waals surface area contributed by atoms with Gasteiger partial charge in [0.2, 0.25) is 5.95 Å². The van der Waals surface area contributed by atoms with Gasteiger partial charge in [0.25, 0.3) is 0 Å². The van der Waals surface area contributed by atoms with E-state index in [1.165, 1.54) is 37.7 Å². The van der Waals surface area contributed by atoms with Crippen LogP contribution < -0.4 is 21.1 Å². The molecular formula is C23H28N10. The molecule has 10 heteroatoms. The Morgan fingerprint density at radius 3 is 2.91 bits per heavy atom. The summed E-state index contributed by atoms with van der Waals surface area (Å²) in [7, 11) is 0. The second-order valence-electron chi connectivity index (χ2n) is 9.36. The Morgan fingerprint density at radius 1 is 1.24 bits per heavy atom. The van der Waals surface area contributed by atoms with Gasteiger partial charge in [-0.25, -0.2) is 9.94 Å². The van der Waals surface area contributed by atoms with Crippen molar-refractivity contribution < 1.29 is 0 Å². The van der Waals surface area contributed by atoms with Crippen LogP contribution in [0.4, 0.5) is 11.6 Å². The Bertz CT molecular complexity index is 1220. The van der Waals surface area contributed by atoms with E-state index < -0.39 is 0 Å². The highest BCUT2D eigenvalue weighted by molar-refractivity contribution is 5.71. The summed E-state index contributed by atoms with van der Waals surface area (Å²) in [6.45, 7) is 2.14. The molecule has 1 saturated carbocycles. The van der Waals surface area contributed by atoms with Crippen molar-refractivity contribution in [1.82, 2.24) is 35.2 Å². The lowest BCUT2D eigenvalue weighted by Gasteiger charge is -2.50. The highest BCUT2D eigenvalue weighted by Crippen LogP contribution is 2.39. The maximum absolute atomic E-state index is 9.59. The lowest BCUT2D eigenvalue weighted by atomic mass is 9.84. The summed E-state index contributed by atoms with van der Waals surface area (Å²) in [4.78, 5) is 6.99. The molecule has 3 N–H and O–H groups in total. The number of anilines is 2. The van der Waals surface area contributed by atoms with Gasteiger partial charge in [-0.1, -0.05) is 19.3 Å². The minimum atomic E-state index is -0.304. The summed E-state index contributed by atoms with van der Waals surface area (Å²) in [5.41, 5.74) is 9.80. The first-order valence-corrected chi connectivity index (χ1v) is 11.7. The number of hydrogen-bond acceptors (Lipinski definition) is 8. The number of nitrogens with one attached hydrogen (secondary N) is 3. The van der Waals surface area contributed by atoms with E-state index in [2.05, 4.69) is 49.2 Å². The molecule has 3 aromatic rings. The molecule has 0 atom stereocenters. The Hall–Kier alpha value is -3.58. The molecule has 0 amide bonds. The van der Waals surface area contributed by atoms with Gasteiger partial charge in [-0.3, -0.25) is 4.68 Å². The Labute approximate surface area is 192 Å². The summed E-state index contributed by atoms with van der Waals surface area (Å²) < 4.78 is 3.85. The molecule has 33 heavy (non-hydrogen) atoms. The van der Waals surface area contributed by atoms with E-state index in [4.69, 9.17) is 10.1 Å². The standard InChI is InChI=1S/C23H28N10/c24-9-8-23(33-14-18(11-27-33)17-5-2-1-3-6-17)15-31(16-23)20-7-4-10-32-21(20)29-22(30-32)28-19-12-25-26-13-19/h4,7,10-12,14,17,25-26H,1-3,5-6,8,13,15-16H2,(H,28,30). The maximum Gasteiger partial charge on any atom is 0.247 e. The number of nitriles is 1. The molecule has 0 spiro atoms. The highest BCUT2D eigenvalue weighted by atomic mass is 15.4. The fourth-order valence-corrected chi connectivity index (χ4v) is 5.31. The Kier molecular flexibility index (Phi) is 4.91. The summed E-state index contributed by atoms with van der Waals surface area (Å²) in [5.74, 6) is 1.17. The zero-order chi connectivity index (χ0) is 22.3. The third-order valence-corrected chi connectivity index (χ3v) is 7.13. The maximum atomic E-state index is 9.59. The first-order chi connectivity index (χ1) is 16.2. The van der Waals surface area contributed by atoms with Crippen molar-refractivity contribution in [3.05, 3.63) is 48.2 Å². The van der Waals surface area contributed by atoms with Crippen molar-refractivity contribution in [3.63, 3.8) is 0 Å². The number of hydrogen-bond donors (Lipinski definition) is 3. The Morgan fingerprint density at radius 2 is 2.12 bits per heavy atom. The molecule has 0 radical (unpaired) electrons. The molecule has 0 unspecified atom stereocenters. The van der Waals surface area contributed by atoms with Gasteiger partial charge < -0.3 is 15.6 Å². The number of pyridine rings is 1. The van der Waals surface area contributed by atoms with Crippen molar-refractivity contribution in [2.75, 3.05) is 29.9 Å². The van der Waals surface area contributed by atoms with Crippen LogP contribution in [0.5, 0.6) is 0 Å². The second-order valence-corrected chi connectivity index (χ2v) is 9.36. The third-order valence-electron chi connectivity index (χ3n) is 7.13. The molecular weight excluding hydrogens is 416 g/mol. The monoisotopic (exact) mass is 444 g/mol. The van der Waals surface area contributed by atoms with Crippen molar-refractivity contribution in [1.29, 1.82) is 5.26 Å². The first kappa shape index (κ1) is 20.1. The van der Waals surface area contributed by atoms with Crippen LogP contribution >= 0.6 is 0 Å². The van der Waals surface area contributed by atoms with Crippen LogP contribution in [0.2, 0.25) is 0 Å². The topological polar surface area (TPSA) is 111 Å². The van der Waals surface area contributed by atoms with Gasteiger partial charge in [-0.15, -0.1) is 5.10 Å². The average molecular weight is 445 g/mol. The second kappa shape index (κ2) is 8.08. The summed E-state index contributed by atoms with van der Waals surface area (Å²) in [5, 5.41) is 22.1. The van der Waals surface area contributed by atoms with Gasteiger partial charge in [0.05, 0.1) is 36.6 Å². The largest absolute Gasteiger partial charge is 0.363 e. The molecule has 3 aliphatic rings. The molecule has 0 aromatic carbocycles. The molecule has 5 heterocycles. The number of hydrazine groups is 1. The SMILES string of the molecule is N#CCC1(n2cc(C3CCCCC3)cn2)CN(c2cccn3nc(NC4=CNNC4)nc23)C1. The zero-order valence-electron chi connectivity index (χ0n) is 18.5. The minimum absolute atomic E-state index is 0.304. The van der Waals surface area contributed by atoms with Gasteiger partial charge in [0, 0.05) is 31.7 Å². The van der Waals surface area contributed by atoms with Gasteiger partial charge in [0.1, 0.15) is 5.54 Å². The molecule has 170 valence electrons. The number of fused-ring (bicyclic) bond motifs is 1. The molecule has 10 nitrogen and oxygen atoms in total. The van der Waals surface area contributed by atoms with E-state index in [-0.39, 0.29) is 5.54 Å².